The SMILES string of the molecule is c1ccc(P(c2ccccc2)c2cc3cccnc3c3ncccc23)cc1. The zero-order valence-corrected chi connectivity index (χ0v) is 15.6. The van der Waals surface area contributed by atoms with Crippen LogP contribution in [0.2, 0.25) is 0 Å². The molecule has 0 aliphatic heterocycles. The maximum absolute atomic E-state index is 4.69. The van der Waals surface area contributed by atoms with Gasteiger partial charge in [-0.3, -0.25) is 9.97 Å². The minimum Gasteiger partial charge on any atom is -0.254 e. The van der Waals surface area contributed by atoms with Gasteiger partial charge in [0.2, 0.25) is 0 Å². The van der Waals surface area contributed by atoms with Gasteiger partial charge in [0.25, 0.3) is 0 Å². The molecule has 0 spiro atoms. The van der Waals surface area contributed by atoms with Gasteiger partial charge in [-0.15, -0.1) is 0 Å². The van der Waals surface area contributed by atoms with Crippen LogP contribution in [-0.2, 0) is 0 Å². The van der Waals surface area contributed by atoms with E-state index >= 15 is 0 Å². The second-order valence-electron chi connectivity index (χ2n) is 6.38. The molecule has 0 saturated heterocycles. The molecule has 0 radical (unpaired) electrons. The third-order valence-corrected chi connectivity index (χ3v) is 7.19. The molecule has 0 aliphatic rings. The zero-order valence-electron chi connectivity index (χ0n) is 14.7. The van der Waals surface area contributed by atoms with E-state index < -0.39 is 7.92 Å². The van der Waals surface area contributed by atoms with Crippen LogP contribution in [0, 0.1) is 0 Å². The number of rotatable bonds is 3. The Kier molecular flexibility index (Phi) is 4.12. The van der Waals surface area contributed by atoms with Gasteiger partial charge in [0.15, 0.2) is 0 Å². The average Bonchev–Trinajstić information content (AvgIpc) is 2.76. The highest BCUT2D eigenvalue weighted by atomic mass is 31.1. The summed E-state index contributed by atoms with van der Waals surface area (Å²) < 4.78 is 0. The molecule has 0 fully saturated rings. The first-order valence-electron chi connectivity index (χ1n) is 8.94. The van der Waals surface area contributed by atoms with Crippen molar-refractivity contribution < 1.29 is 0 Å². The molecular formula is C24H17N2P. The van der Waals surface area contributed by atoms with Crippen LogP contribution >= 0.6 is 7.92 Å². The van der Waals surface area contributed by atoms with Crippen LogP contribution in [0.5, 0.6) is 0 Å². The number of benzene rings is 3. The van der Waals surface area contributed by atoms with Crippen molar-refractivity contribution in [2.75, 3.05) is 0 Å². The fourth-order valence-electron chi connectivity index (χ4n) is 3.52. The van der Waals surface area contributed by atoms with Crippen LogP contribution in [0.25, 0.3) is 21.8 Å². The van der Waals surface area contributed by atoms with E-state index in [1.165, 1.54) is 21.3 Å². The fourth-order valence-corrected chi connectivity index (χ4v) is 6.01. The second-order valence-corrected chi connectivity index (χ2v) is 8.56. The number of pyridine rings is 2. The third-order valence-electron chi connectivity index (χ3n) is 4.71. The van der Waals surface area contributed by atoms with Crippen molar-refractivity contribution in [2.24, 2.45) is 0 Å². The Morgan fingerprint density at radius 1 is 0.556 bits per heavy atom. The Morgan fingerprint density at radius 2 is 1.15 bits per heavy atom. The van der Waals surface area contributed by atoms with E-state index in [9.17, 15) is 0 Å². The molecule has 0 unspecified atom stereocenters. The first kappa shape index (κ1) is 16.1. The topological polar surface area (TPSA) is 25.8 Å². The zero-order chi connectivity index (χ0) is 18.1. The molecular weight excluding hydrogens is 347 g/mol. The van der Waals surface area contributed by atoms with Crippen LogP contribution in [0.4, 0.5) is 0 Å². The average molecular weight is 364 g/mol. The Morgan fingerprint density at radius 3 is 1.81 bits per heavy atom. The van der Waals surface area contributed by atoms with E-state index in [0.29, 0.717) is 0 Å². The van der Waals surface area contributed by atoms with E-state index in [0.717, 1.165) is 16.4 Å². The van der Waals surface area contributed by atoms with Gasteiger partial charge >= 0.3 is 0 Å². The Hall–Kier alpha value is -3.09. The van der Waals surface area contributed by atoms with Crippen molar-refractivity contribution >= 4 is 45.6 Å². The van der Waals surface area contributed by atoms with E-state index in [2.05, 4.69) is 88.8 Å². The Balaban J connectivity index is 1.87. The summed E-state index contributed by atoms with van der Waals surface area (Å²) in [4.78, 5) is 9.29. The number of fused-ring (bicyclic) bond motifs is 3. The summed E-state index contributed by atoms with van der Waals surface area (Å²) in [6.45, 7) is 0. The summed E-state index contributed by atoms with van der Waals surface area (Å²) in [6.07, 6.45) is 3.70. The predicted molar refractivity (Wildman–Crippen MR) is 116 cm³/mol. The summed E-state index contributed by atoms with van der Waals surface area (Å²) in [5.41, 5.74) is 1.94. The molecule has 5 rings (SSSR count). The Labute approximate surface area is 159 Å². The van der Waals surface area contributed by atoms with Crippen molar-refractivity contribution in [2.45, 2.75) is 0 Å². The van der Waals surface area contributed by atoms with Gasteiger partial charge in [0.1, 0.15) is 0 Å². The van der Waals surface area contributed by atoms with Crippen molar-refractivity contribution in [3.63, 3.8) is 0 Å². The summed E-state index contributed by atoms with van der Waals surface area (Å²) in [5, 5.41) is 6.32. The monoisotopic (exact) mass is 364 g/mol. The highest BCUT2D eigenvalue weighted by Gasteiger charge is 2.20. The van der Waals surface area contributed by atoms with Gasteiger partial charge in [-0.25, -0.2) is 0 Å². The third kappa shape index (κ3) is 2.89. The highest BCUT2D eigenvalue weighted by molar-refractivity contribution is 7.80. The van der Waals surface area contributed by atoms with Crippen molar-refractivity contribution in [3.8, 4) is 0 Å². The standard InChI is InChI=1S/C24H17N2P/c1-3-10-19(11-4-1)27(20-12-5-2-6-13-20)22-17-18-9-7-15-25-23(18)24-21(22)14-8-16-26-24/h1-17H. The molecule has 128 valence electrons. The van der Waals surface area contributed by atoms with Gasteiger partial charge in [0, 0.05) is 23.2 Å². The van der Waals surface area contributed by atoms with Gasteiger partial charge in [-0.2, -0.15) is 0 Å². The molecule has 0 amide bonds. The summed E-state index contributed by atoms with van der Waals surface area (Å²) in [5.74, 6) is 0. The van der Waals surface area contributed by atoms with E-state index in [1.54, 1.807) is 0 Å². The predicted octanol–water partition coefficient (Wildman–Crippen LogP) is 4.54. The molecule has 27 heavy (non-hydrogen) atoms. The molecule has 2 heterocycles. The highest BCUT2D eigenvalue weighted by Crippen LogP contribution is 2.37. The molecule has 0 atom stereocenters. The smallest absolute Gasteiger partial charge is 0.0971 e. The van der Waals surface area contributed by atoms with E-state index in [4.69, 9.17) is 0 Å². The normalized spacial score (nSPS) is 11.3. The largest absolute Gasteiger partial charge is 0.254 e. The first-order chi connectivity index (χ1) is 13.4. The number of hydrogen-bond donors (Lipinski definition) is 0. The van der Waals surface area contributed by atoms with Crippen LogP contribution < -0.4 is 15.9 Å². The van der Waals surface area contributed by atoms with Gasteiger partial charge < -0.3 is 0 Å². The van der Waals surface area contributed by atoms with Crippen molar-refractivity contribution in [1.82, 2.24) is 9.97 Å². The van der Waals surface area contributed by atoms with E-state index in [-0.39, 0.29) is 0 Å². The van der Waals surface area contributed by atoms with Crippen molar-refractivity contribution in [1.29, 1.82) is 0 Å². The van der Waals surface area contributed by atoms with Crippen molar-refractivity contribution in [3.05, 3.63) is 103 Å². The summed E-state index contributed by atoms with van der Waals surface area (Å²) in [7, 11) is -0.687. The number of nitrogens with zero attached hydrogens (tertiary/aromatic N) is 2. The molecule has 5 aromatic rings. The quantitative estimate of drug-likeness (QED) is 0.347. The number of aromatic nitrogens is 2. The lowest BCUT2D eigenvalue weighted by Crippen LogP contribution is -2.21. The minimum atomic E-state index is -0.687. The van der Waals surface area contributed by atoms with Crippen LogP contribution in [0.3, 0.4) is 0 Å². The van der Waals surface area contributed by atoms with Crippen LogP contribution in [0.1, 0.15) is 0 Å². The molecule has 0 bridgehead atoms. The summed E-state index contributed by atoms with van der Waals surface area (Å²) >= 11 is 0. The lowest BCUT2D eigenvalue weighted by Gasteiger charge is -2.21. The molecule has 0 saturated carbocycles. The van der Waals surface area contributed by atoms with Gasteiger partial charge in [-0.1, -0.05) is 72.8 Å². The molecule has 3 aromatic carbocycles. The minimum absolute atomic E-state index is 0.687. The Bertz CT molecular complexity index is 1180. The summed E-state index contributed by atoms with van der Waals surface area (Å²) in [6, 6.07) is 32.2. The maximum atomic E-state index is 4.69. The number of hydrogen-bond acceptors (Lipinski definition) is 2. The van der Waals surface area contributed by atoms with Gasteiger partial charge in [0.05, 0.1) is 11.0 Å². The lowest BCUT2D eigenvalue weighted by atomic mass is 10.1. The fraction of sp³-hybridized carbons (Fsp3) is 0. The molecule has 0 N–H and O–H groups in total. The second kappa shape index (κ2) is 6.90. The van der Waals surface area contributed by atoms with E-state index in [1.807, 2.05) is 24.5 Å². The van der Waals surface area contributed by atoms with Crippen LogP contribution in [0.15, 0.2) is 103 Å². The lowest BCUT2D eigenvalue weighted by molar-refractivity contribution is 1.38. The molecule has 2 aromatic heterocycles. The first-order valence-corrected chi connectivity index (χ1v) is 10.3. The van der Waals surface area contributed by atoms with Gasteiger partial charge in [-0.05, 0) is 42.0 Å². The molecule has 3 heteroatoms. The van der Waals surface area contributed by atoms with Crippen LogP contribution in [-0.4, -0.2) is 9.97 Å². The maximum Gasteiger partial charge on any atom is 0.0971 e. The molecule has 0 aliphatic carbocycles. The molecule has 2 nitrogen and oxygen atoms in total.